The van der Waals surface area contributed by atoms with Gasteiger partial charge in [-0.1, -0.05) is 11.8 Å². The second kappa shape index (κ2) is 8.45. The highest BCUT2D eigenvalue weighted by Crippen LogP contribution is 2.29. The molecule has 92 valence electrons. The third-order valence-corrected chi connectivity index (χ3v) is 2.64. The van der Waals surface area contributed by atoms with Crippen molar-refractivity contribution in [2.75, 3.05) is 0 Å². The predicted molar refractivity (Wildman–Crippen MR) is 74.7 cm³/mol. The van der Waals surface area contributed by atoms with Crippen LogP contribution in [0.4, 0.5) is 0 Å². The summed E-state index contributed by atoms with van der Waals surface area (Å²) in [6.45, 7) is 0. The lowest BCUT2D eigenvalue weighted by Crippen LogP contribution is -2.24. The molecule has 0 aliphatic carbocycles. The Morgan fingerprint density at radius 2 is 2.06 bits per heavy atom. The third-order valence-electron chi connectivity index (χ3n) is 1.21. The van der Waals surface area contributed by atoms with Crippen LogP contribution in [0, 0.1) is 5.41 Å². The summed E-state index contributed by atoms with van der Waals surface area (Å²) in [7, 11) is 0. The van der Waals surface area contributed by atoms with Crippen molar-refractivity contribution in [1.82, 2.24) is 4.98 Å². The quantitative estimate of drug-likeness (QED) is 0.487. The van der Waals surface area contributed by atoms with Crippen LogP contribution in [0.15, 0.2) is 15.9 Å². The maximum Gasteiger partial charge on any atom is 0.187 e. The number of thiazole rings is 1. The second-order valence-corrected chi connectivity index (χ2v) is 4.14. The molecule has 1 aromatic rings. The Hall–Kier alpha value is -0.700. The number of aliphatic imine (C=N–C) groups is 1. The molecular weight excluding hydrogens is 291 g/mol. The zero-order valence-corrected chi connectivity index (χ0v) is 11.3. The van der Waals surface area contributed by atoms with Gasteiger partial charge < -0.3 is 17.2 Å². The normalized spacial score (nSPS) is 10.5. The van der Waals surface area contributed by atoms with E-state index in [4.69, 9.17) is 22.6 Å². The highest BCUT2D eigenvalue weighted by molar-refractivity contribution is 8.13. The average molecular weight is 303 g/mol. The fourth-order valence-corrected chi connectivity index (χ4v) is 2.08. The van der Waals surface area contributed by atoms with E-state index in [1.807, 2.05) is 5.38 Å². The summed E-state index contributed by atoms with van der Waals surface area (Å²) in [5, 5.41) is 8.47. The van der Waals surface area contributed by atoms with Crippen molar-refractivity contribution >= 4 is 59.0 Å². The maximum absolute atomic E-state index is 7.14. The van der Waals surface area contributed by atoms with Gasteiger partial charge in [0.25, 0.3) is 0 Å². The number of thioether (sulfide) groups is 1. The number of guanidine groups is 1. The van der Waals surface area contributed by atoms with Crippen molar-refractivity contribution in [3.05, 3.63) is 16.6 Å². The molecule has 1 rings (SSSR count). The van der Waals surface area contributed by atoms with E-state index in [9.17, 15) is 0 Å². The third kappa shape index (κ3) is 6.01. The molecule has 1 aromatic heterocycles. The van der Waals surface area contributed by atoms with E-state index < -0.39 is 5.37 Å². The molecule has 0 spiro atoms. The number of rotatable bonds is 3. The molecule has 0 saturated carbocycles. The SMILES string of the molecule is Cl.Cl.N=C(N)SC(N=C(N)N)c1cscn1. The first-order valence-electron chi connectivity index (χ1n) is 3.57. The van der Waals surface area contributed by atoms with E-state index in [0.29, 0.717) is 5.69 Å². The zero-order valence-electron chi connectivity index (χ0n) is 7.99. The minimum atomic E-state index is -0.427. The van der Waals surface area contributed by atoms with Crippen molar-refractivity contribution in [1.29, 1.82) is 5.41 Å². The molecule has 0 bridgehead atoms. The fourth-order valence-electron chi connectivity index (χ4n) is 0.752. The van der Waals surface area contributed by atoms with Crippen molar-refractivity contribution in [3.8, 4) is 0 Å². The van der Waals surface area contributed by atoms with Crippen LogP contribution in [0.3, 0.4) is 0 Å². The summed E-state index contributed by atoms with van der Waals surface area (Å²) < 4.78 is 0. The topological polar surface area (TPSA) is 127 Å². The van der Waals surface area contributed by atoms with Gasteiger partial charge in [0, 0.05) is 5.38 Å². The van der Waals surface area contributed by atoms with Gasteiger partial charge >= 0.3 is 0 Å². The lowest BCUT2D eigenvalue weighted by Gasteiger charge is -2.07. The number of halogens is 2. The van der Waals surface area contributed by atoms with E-state index in [0.717, 1.165) is 11.8 Å². The molecular formula is C6H12Cl2N6S2. The Kier molecular flexibility index (Phi) is 9.34. The highest BCUT2D eigenvalue weighted by atomic mass is 35.5. The van der Waals surface area contributed by atoms with Crippen molar-refractivity contribution in [2.45, 2.75) is 5.37 Å². The van der Waals surface area contributed by atoms with E-state index >= 15 is 0 Å². The molecule has 10 heteroatoms. The first-order chi connectivity index (χ1) is 6.59. The standard InChI is InChI=1S/C6H10N6S2.2ClH/c7-5(8)12-4(14-6(9)10)3-1-13-2-11-3;;/h1-2,4H,(H3,9,10)(H4,7,8,12);2*1H. The van der Waals surface area contributed by atoms with E-state index in [-0.39, 0.29) is 35.9 Å². The number of hydrogen-bond donors (Lipinski definition) is 4. The Bertz CT molecular complexity index is 337. The molecule has 0 fully saturated rings. The zero-order chi connectivity index (χ0) is 10.6. The molecule has 0 radical (unpaired) electrons. The van der Waals surface area contributed by atoms with Gasteiger partial charge in [0.2, 0.25) is 0 Å². The predicted octanol–water partition coefficient (Wildman–Crippen LogP) is 0.885. The van der Waals surface area contributed by atoms with Gasteiger partial charge in [0.1, 0.15) is 5.37 Å². The first kappa shape index (κ1) is 17.7. The number of nitrogens with one attached hydrogen (secondary N) is 1. The average Bonchev–Trinajstić information content (AvgIpc) is 2.52. The van der Waals surface area contributed by atoms with Gasteiger partial charge in [-0.25, -0.2) is 9.98 Å². The minimum absolute atomic E-state index is 0. The van der Waals surface area contributed by atoms with Crippen LogP contribution in [0.2, 0.25) is 0 Å². The van der Waals surface area contributed by atoms with Gasteiger partial charge in [-0.15, -0.1) is 36.2 Å². The van der Waals surface area contributed by atoms with Crippen LogP contribution < -0.4 is 17.2 Å². The summed E-state index contributed by atoms with van der Waals surface area (Å²) >= 11 is 2.48. The van der Waals surface area contributed by atoms with Crippen LogP contribution in [0.25, 0.3) is 0 Å². The van der Waals surface area contributed by atoms with Gasteiger partial charge in [0.05, 0.1) is 11.2 Å². The number of aromatic nitrogens is 1. The van der Waals surface area contributed by atoms with E-state index in [2.05, 4.69) is 9.98 Å². The number of hydrogen-bond acceptors (Lipinski definition) is 5. The fraction of sp³-hybridized carbons (Fsp3) is 0.167. The Morgan fingerprint density at radius 3 is 2.44 bits per heavy atom. The molecule has 1 atom stereocenters. The van der Waals surface area contributed by atoms with Crippen LogP contribution in [0.5, 0.6) is 0 Å². The molecule has 0 saturated heterocycles. The summed E-state index contributed by atoms with van der Waals surface area (Å²) in [6.07, 6.45) is 0. The molecule has 0 amide bonds. The number of nitrogens with two attached hydrogens (primary N) is 3. The second-order valence-electron chi connectivity index (χ2n) is 2.30. The monoisotopic (exact) mass is 302 g/mol. The Balaban J connectivity index is 0. The van der Waals surface area contributed by atoms with Crippen LogP contribution >= 0.6 is 47.9 Å². The smallest absolute Gasteiger partial charge is 0.187 e. The number of nitrogens with zero attached hydrogens (tertiary/aromatic N) is 2. The molecule has 16 heavy (non-hydrogen) atoms. The highest BCUT2D eigenvalue weighted by Gasteiger charge is 2.14. The van der Waals surface area contributed by atoms with Gasteiger partial charge in [-0.3, -0.25) is 5.41 Å². The Labute approximate surface area is 113 Å². The molecule has 6 nitrogen and oxygen atoms in total. The van der Waals surface area contributed by atoms with Crippen molar-refractivity contribution in [3.63, 3.8) is 0 Å². The van der Waals surface area contributed by atoms with Crippen LogP contribution in [0.1, 0.15) is 11.1 Å². The maximum atomic E-state index is 7.14. The van der Waals surface area contributed by atoms with Crippen molar-refractivity contribution in [2.24, 2.45) is 22.2 Å². The lowest BCUT2D eigenvalue weighted by molar-refractivity contribution is 0.977. The molecule has 0 aliphatic rings. The first-order valence-corrected chi connectivity index (χ1v) is 5.39. The van der Waals surface area contributed by atoms with Gasteiger partial charge in [-0.05, 0) is 0 Å². The summed E-state index contributed by atoms with van der Waals surface area (Å²) in [4.78, 5) is 7.97. The molecule has 1 unspecified atom stereocenters. The van der Waals surface area contributed by atoms with Crippen LogP contribution in [-0.2, 0) is 0 Å². The van der Waals surface area contributed by atoms with Gasteiger partial charge in [0.15, 0.2) is 11.1 Å². The largest absolute Gasteiger partial charge is 0.379 e. The Morgan fingerprint density at radius 1 is 1.44 bits per heavy atom. The van der Waals surface area contributed by atoms with Gasteiger partial charge in [-0.2, -0.15) is 0 Å². The lowest BCUT2D eigenvalue weighted by atomic mass is 10.5. The number of amidine groups is 1. The molecule has 0 aromatic carbocycles. The van der Waals surface area contributed by atoms with Crippen molar-refractivity contribution < 1.29 is 0 Å². The molecule has 1 heterocycles. The molecule has 0 aliphatic heterocycles. The van der Waals surface area contributed by atoms with E-state index in [1.165, 1.54) is 11.3 Å². The molecule has 7 N–H and O–H groups in total. The van der Waals surface area contributed by atoms with E-state index in [1.54, 1.807) is 5.51 Å². The summed E-state index contributed by atoms with van der Waals surface area (Å²) in [5.74, 6) is -0.0447. The van der Waals surface area contributed by atoms with Crippen LogP contribution in [-0.4, -0.2) is 16.1 Å². The summed E-state index contributed by atoms with van der Waals surface area (Å²) in [6, 6.07) is 0. The summed E-state index contributed by atoms with van der Waals surface area (Å²) in [5.41, 5.74) is 18.1. The minimum Gasteiger partial charge on any atom is -0.379 e.